The summed E-state index contributed by atoms with van der Waals surface area (Å²) in [5.74, 6) is -3.28. The molecular weight excluding hydrogens is 800 g/mol. The Labute approximate surface area is 342 Å². The van der Waals surface area contributed by atoms with E-state index < -0.39 is 92.8 Å². The third kappa shape index (κ3) is 9.61. The van der Waals surface area contributed by atoms with Gasteiger partial charge in [0.15, 0.2) is 6.61 Å². The highest BCUT2D eigenvalue weighted by Gasteiger charge is 2.63. The van der Waals surface area contributed by atoms with E-state index in [1.807, 2.05) is 26.0 Å². The highest BCUT2D eigenvalue weighted by atomic mass is 35.5. The molecule has 2 aromatic rings. The van der Waals surface area contributed by atoms with Gasteiger partial charge < -0.3 is 29.7 Å². The van der Waals surface area contributed by atoms with E-state index in [1.165, 1.54) is 11.0 Å². The summed E-state index contributed by atoms with van der Waals surface area (Å²) in [7, 11) is -4.06. The van der Waals surface area contributed by atoms with Crippen LogP contribution in [0.5, 0.6) is 11.8 Å². The van der Waals surface area contributed by atoms with Crippen molar-refractivity contribution in [3.05, 3.63) is 41.4 Å². The van der Waals surface area contributed by atoms with E-state index in [4.69, 9.17) is 25.8 Å². The molecule has 2 saturated carbocycles. The number of nitrogens with zero attached hydrogens (tertiary/aromatic N) is 2. The Kier molecular flexibility index (Phi) is 12.3. The van der Waals surface area contributed by atoms with Crippen LogP contribution in [0.2, 0.25) is 5.02 Å². The molecule has 1 unspecified atom stereocenters. The number of amides is 4. The quantitative estimate of drug-likeness (QED) is 0.267. The maximum absolute atomic E-state index is 14.8. The van der Waals surface area contributed by atoms with Crippen LogP contribution in [0, 0.1) is 17.8 Å². The number of sulfonamides is 1. The predicted octanol–water partition coefficient (Wildman–Crippen LogP) is 5.66. The molecule has 0 bridgehead atoms. The highest BCUT2D eigenvalue weighted by Crippen LogP contribution is 2.48. The first-order chi connectivity index (χ1) is 27.1. The first kappa shape index (κ1) is 43.3. The molecule has 58 heavy (non-hydrogen) atoms. The van der Waals surface area contributed by atoms with Crippen LogP contribution >= 0.6 is 11.6 Å². The fourth-order valence-corrected chi connectivity index (χ4v) is 9.23. The van der Waals surface area contributed by atoms with Crippen molar-refractivity contribution in [2.45, 2.75) is 127 Å². The molecule has 3 heterocycles. The Bertz CT molecular complexity index is 2080. The van der Waals surface area contributed by atoms with Crippen LogP contribution in [0.3, 0.4) is 0 Å². The van der Waals surface area contributed by atoms with Gasteiger partial charge in [-0.25, -0.2) is 22.0 Å². The van der Waals surface area contributed by atoms with Gasteiger partial charge >= 0.3 is 6.09 Å². The molecule has 6 rings (SSSR count). The number of carbonyl (C=O) groups is 4. The lowest BCUT2D eigenvalue weighted by atomic mass is 9.88. The average molecular weight is 852 g/mol. The van der Waals surface area contributed by atoms with Gasteiger partial charge in [0.2, 0.25) is 33.6 Å². The molecule has 0 spiro atoms. The minimum atomic E-state index is -4.06. The van der Waals surface area contributed by atoms with Crippen LogP contribution in [-0.2, 0) is 29.1 Å². The highest BCUT2D eigenvalue weighted by molar-refractivity contribution is 7.91. The van der Waals surface area contributed by atoms with Gasteiger partial charge in [-0.1, -0.05) is 43.7 Å². The molecule has 7 atom stereocenters. The Hall–Kier alpha value is -4.25. The van der Waals surface area contributed by atoms with Gasteiger partial charge in [0, 0.05) is 34.2 Å². The van der Waals surface area contributed by atoms with E-state index in [9.17, 15) is 36.4 Å². The number of hydrogen-bond acceptors (Lipinski definition) is 10. The van der Waals surface area contributed by atoms with Gasteiger partial charge in [-0.2, -0.15) is 4.98 Å². The second-order valence-corrected chi connectivity index (χ2v) is 20.0. The third-order valence-electron chi connectivity index (χ3n) is 11.3. The minimum absolute atomic E-state index is 0.0440. The number of benzene rings is 1. The number of pyridine rings is 1. The second kappa shape index (κ2) is 16.4. The van der Waals surface area contributed by atoms with Crippen molar-refractivity contribution < 1.29 is 50.6 Å². The number of aromatic nitrogens is 1. The molecule has 4 aliphatic rings. The number of carbonyl (C=O) groups excluding carboxylic acids is 4. The SMILES string of the molecule is C[C@@H]1CC/C=C\C2C[C@@]2(C(=O)NS(=O)(=O)C2(C)CC2)NC(=O)[C@@H]2C[C@@H](Oc3nc(OCC(F)F)cc4c(Cl)cccc34)CN2C(=O)[C@@H](NC(=O)OC(C)(C)C)[C@H](C)C1. The standard InChI is InChI=1S/C40H52ClF2N5O9S/c1-22-10-7-8-11-24-19-40(24,36(51)47-58(53,54)39(6)14-15-39)46-33(49)29-17-25(20-48(29)35(50)32(23(2)16-22)45-37(52)57-38(3,4)5)56-34-26-12-9-13-28(41)27(26)18-31(44-34)55-21-30(42)43/h8-9,11-13,18,22-25,29-30,32H,7,10,14-17,19-21H2,1-6H3,(H,45,52)(H,46,49)(H,47,51)/b11-8-/t22-,23-,24?,25-,29+,32+,40-/m1/s1. The van der Waals surface area contributed by atoms with Crippen LogP contribution in [0.4, 0.5) is 13.6 Å². The number of hydrogen-bond donors (Lipinski definition) is 3. The number of halogens is 3. The second-order valence-electron chi connectivity index (χ2n) is 17.4. The lowest BCUT2D eigenvalue weighted by molar-refractivity contribution is -0.142. The number of ether oxygens (including phenoxy) is 3. The zero-order valence-electron chi connectivity index (χ0n) is 33.5. The monoisotopic (exact) mass is 851 g/mol. The number of rotatable bonds is 9. The summed E-state index contributed by atoms with van der Waals surface area (Å²) in [5.41, 5.74) is -2.49. The van der Waals surface area contributed by atoms with Crippen LogP contribution in [-0.4, -0.2) is 95.8 Å². The van der Waals surface area contributed by atoms with Gasteiger partial charge in [-0.3, -0.25) is 19.1 Å². The van der Waals surface area contributed by atoms with Crippen molar-refractivity contribution in [2.24, 2.45) is 17.8 Å². The van der Waals surface area contributed by atoms with E-state index in [0.717, 1.165) is 0 Å². The molecule has 4 amide bonds. The van der Waals surface area contributed by atoms with Gasteiger partial charge in [-0.15, -0.1) is 0 Å². The maximum atomic E-state index is 14.8. The number of allylic oxidation sites excluding steroid dienone is 1. The topological polar surface area (TPSA) is 182 Å². The van der Waals surface area contributed by atoms with E-state index in [-0.39, 0.29) is 42.1 Å². The zero-order valence-corrected chi connectivity index (χ0v) is 35.1. The molecule has 1 aromatic heterocycles. The van der Waals surface area contributed by atoms with Crippen molar-refractivity contribution in [1.82, 2.24) is 25.2 Å². The summed E-state index contributed by atoms with van der Waals surface area (Å²) >= 11 is 6.48. The van der Waals surface area contributed by atoms with Crippen LogP contribution < -0.4 is 24.8 Å². The first-order valence-corrected chi connectivity index (χ1v) is 21.5. The fourth-order valence-electron chi connectivity index (χ4n) is 7.69. The van der Waals surface area contributed by atoms with Crippen molar-refractivity contribution in [3.63, 3.8) is 0 Å². The number of alkyl carbamates (subject to hydrolysis) is 1. The minimum Gasteiger partial charge on any atom is -0.472 e. The van der Waals surface area contributed by atoms with Gasteiger partial charge in [-0.05, 0) is 90.2 Å². The predicted molar refractivity (Wildman–Crippen MR) is 211 cm³/mol. The lowest BCUT2D eigenvalue weighted by Gasteiger charge is -2.33. The summed E-state index contributed by atoms with van der Waals surface area (Å²) in [6, 6.07) is 3.91. The average Bonchev–Trinajstić information content (AvgIpc) is 4.00. The number of nitrogens with one attached hydrogen (secondary N) is 3. The molecular formula is C40H52ClF2N5O9S. The Morgan fingerprint density at radius 1 is 1.14 bits per heavy atom. The lowest BCUT2D eigenvalue weighted by Crippen LogP contribution is -2.59. The third-order valence-corrected chi connectivity index (χ3v) is 13.8. The first-order valence-electron chi connectivity index (χ1n) is 19.6. The van der Waals surface area contributed by atoms with Gasteiger partial charge in [0.25, 0.3) is 12.3 Å². The number of alkyl halides is 2. The molecule has 0 radical (unpaired) electrons. The summed E-state index contributed by atoms with van der Waals surface area (Å²) in [4.78, 5) is 62.2. The smallest absolute Gasteiger partial charge is 0.408 e. The maximum Gasteiger partial charge on any atom is 0.408 e. The zero-order chi connectivity index (χ0) is 42.4. The van der Waals surface area contributed by atoms with Crippen LogP contribution in [0.15, 0.2) is 36.4 Å². The molecule has 18 heteroatoms. The molecule has 1 aromatic carbocycles. The van der Waals surface area contributed by atoms with E-state index in [0.29, 0.717) is 42.9 Å². The molecule has 3 fully saturated rings. The molecule has 14 nitrogen and oxygen atoms in total. The Morgan fingerprint density at radius 2 is 1.86 bits per heavy atom. The summed E-state index contributed by atoms with van der Waals surface area (Å²) in [6.45, 7) is 9.38. The normalized spacial score (nSPS) is 29.2. The van der Waals surface area contributed by atoms with Crippen molar-refractivity contribution in [1.29, 1.82) is 0 Å². The Morgan fingerprint density at radius 3 is 2.53 bits per heavy atom. The number of fused-ring (bicyclic) bond motifs is 3. The van der Waals surface area contributed by atoms with Crippen LogP contribution in [0.25, 0.3) is 10.8 Å². The van der Waals surface area contributed by atoms with E-state index >= 15 is 0 Å². The van der Waals surface area contributed by atoms with Crippen LogP contribution in [0.1, 0.15) is 86.5 Å². The van der Waals surface area contributed by atoms with E-state index in [2.05, 4.69) is 20.3 Å². The summed E-state index contributed by atoms with van der Waals surface area (Å²) < 4.78 is 71.0. The van der Waals surface area contributed by atoms with E-state index in [1.54, 1.807) is 45.9 Å². The van der Waals surface area contributed by atoms with Gasteiger partial charge in [0.1, 0.15) is 29.3 Å². The molecule has 2 aliphatic heterocycles. The molecule has 2 aliphatic carbocycles. The molecule has 318 valence electrons. The summed E-state index contributed by atoms with van der Waals surface area (Å²) in [5, 5.41) is 6.68. The molecule has 1 saturated heterocycles. The van der Waals surface area contributed by atoms with Crippen molar-refractivity contribution >= 4 is 56.2 Å². The summed E-state index contributed by atoms with van der Waals surface area (Å²) in [6.07, 6.45) is 1.87. The Balaban J connectivity index is 1.37. The fraction of sp³-hybridized carbons (Fsp3) is 0.625. The van der Waals surface area contributed by atoms with Crippen molar-refractivity contribution in [2.75, 3.05) is 13.2 Å². The van der Waals surface area contributed by atoms with Gasteiger partial charge in [0.05, 0.1) is 11.3 Å². The molecule has 3 N–H and O–H groups in total. The van der Waals surface area contributed by atoms with Crippen molar-refractivity contribution in [3.8, 4) is 11.8 Å². The largest absolute Gasteiger partial charge is 0.472 e.